The van der Waals surface area contributed by atoms with Crippen molar-refractivity contribution in [3.05, 3.63) is 83.8 Å². The third kappa shape index (κ3) is 7.44. The van der Waals surface area contributed by atoms with Crippen molar-refractivity contribution in [1.82, 2.24) is 4.98 Å². The Kier molecular flexibility index (Phi) is 9.52. The number of anilines is 2. The number of nitrogen functional groups attached to an aromatic ring is 1. The van der Waals surface area contributed by atoms with Crippen LogP contribution in [0, 0.1) is 17.7 Å². The van der Waals surface area contributed by atoms with Gasteiger partial charge in [-0.05, 0) is 86.1 Å². The van der Waals surface area contributed by atoms with Crippen LogP contribution in [0.5, 0.6) is 0 Å². The van der Waals surface area contributed by atoms with E-state index in [1.165, 1.54) is 30.5 Å². The molecule has 1 aromatic heterocycles. The van der Waals surface area contributed by atoms with Gasteiger partial charge in [0, 0.05) is 5.69 Å². The number of Topliss-reactive ketones (excluding diaryl/α,β-unsaturated/α-hetero) is 1. The first kappa shape index (κ1) is 29.2. The van der Waals surface area contributed by atoms with Crippen molar-refractivity contribution in [1.29, 1.82) is 0 Å². The van der Waals surface area contributed by atoms with Gasteiger partial charge in [-0.1, -0.05) is 37.6 Å². The molecule has 3 atom stereocenters. The number of esters is 1. The summed E-state index contributed by atoms with van der Waals surface area (Å²) in [5, 5.41) is -0.142. The lowest BCUT2D eigenvalue weighted by atomic mass is 9.79. The number of aromatic nitrogens is 1. The lowest BCUT2D eigenvalue weighted by Crippen LogP contribution is -2.46. The van der Waals surface area contributed by atoms with Crippen molar-refractivity contribution in [3.63, 3.8) is 0 Å². The Morgan fingerprint density at radius 1 is 0.975 bits per heavy atom. The van der Waals surface area contributed by atoms with E-state index in [2.05, 4.69) is 9.71 Å². The molecule has 0 radical (unpaired) electrons. The number of nitrogens with one attached hydrogen (secondary N) is 1. The van der Waals surface area contributed by atoms with E-state index in [-0.39, 0.29) is 16.6 Å². The fraction of sp³-hybridized carbons (Fsp3) is 0.367. The van der Waals surface area contributed by atoms with E-state index < -0.39 is 33.9 Å². The number of aryl methyl sites for hydroxylation is 2. The number of sulfonamides is 1. The molecule has 40 heavy (non-hydrogen) atoms. The number of hydrogen-bond acceptors (Lipinski definition) is 7. The zero-order chi connectivity index (χ0) is 28.7. The third-order valence-corrected chi connectivity index (χ3v) is 8.41. The number of hydrogen-bond donors (Lipinski definition) is 2. The quantitative estimate of drug-likeness (QED) is 0.231. The molecule has 8 nitrogen and oxygen atoms in total. The van der Waals surface area contributed by atoms with Gasteiger partial charge in [-0.15, -0.1) is 0 Å². The first-order valence-electron chi connectivity index (χ1n) is 13.5. The average molecular weight is 568 g/mol. The number of halogens is 1. The molecule has 3 aromatic rings. The number of pyridine rings is 1. The number of rotatable bonds is 12. The van der Waals surface area contributed by atoms with Crippen molar-refractivity contribution in [3.8, 4) is 0 Å². The number of benzene rings is 2. The van der Waals surface area contributed by atoms with Crippen LogP contribution in [0.1, 0.15) is 50.2 Å². The van der Waals surface area contributed by atoms with E-state index in [0.29, 0.717) is 49.9 Å². The van der Waals surface area contributed by atoms with E-state index in [4.69, 9.17) is 10.5 Å². The Labute approximate surface area is 234 Å². The van der Waals surface area contributed by atoms with Crippen LogP contribution in [0.2, 0.25) is 0 Å². The molecule has 0 spiro atoms. The molecule has 0 saturated carbocycles. The summed E-state index contributed by atoms with van der Waals surface area (Å²) in [5.74, 6) is -2.10. The van der Waals surface area contributed by atoms with Crippen LogP contribution in [0.15, 0.2) is 71.9 Å². The molecule has 1 aliphatic heterocycles. The first-order chi connectivity index (χ1) is 19.2. The summed E-state index contributed by atoms with van der Waals surface area (Å²) >= 11 is 0. The molecule has 2 aromatic carbocycles. The topological polar surface area (TPSA) is 128 Å². The van der Waals surface area contributed by atoms with Crippen LogP contribution >= 0.6 is 0 Å². The largest absolute Gasteiger partial charge is 0.461 e. The van der Waals surface area contributed by atoms with Crippen LogP contribution in [-0.2, 0) is 37.2 Å². The molecule has 4 rings (SSSR count). The van der Waals surface area contributed by atoms with Crippen molar-refractivity contribution in [2.24, 2.45) is 11.8 Å². The fourth-order valence-corrected chi connectivity index (χ4v) is 6.02. The van der Waals surface area contributed by atoms with Gasteiger partial charge in [0.05, 0.1) is 17.8 Å². The van der Waals surface area contributed by atoms with Gasteiger partial charge in [-0.2, -0.15) is 8.42 Å². The number of cyclic esters (lactones) is 1. The minimum Gasteiger partial charge on any atom is -0.461 e. The van der Waals surface area contributed by atoms with Crippen LogP contribution in [0.3, 0.4) is 0 Å². The van der Waals surface area contributed by atoms with Crippen LogP contribution in [0.25, 0.3) is 0 Å². The maximum atomic E-state index is 13.5. The highest BCUT2D eigenvalue weighted by molar-refractivity contribution is 7.92. The molecule has 0 bridgehead atoms. The van der Waals surface area contributed by atoms with Gasteiger partial charge in [0.2, 0.25) is 0 Å². The maximum absolute atomic E-state index is 13.5. The summed E-state index contributed by atoms with van der Waals surface area (Å²) in [6.07, 6.45) is 4.80. The molecule has 2 heterocycles. The summed E-state index contributed by atoms with van der Waals surface area (Å²) in [6, 6.07) is 16.0. The molecule has 1 saturated heterocycles. The van der Waals surface area contributed by atoms with Crippen molar-refractivity contribution >= 4 is 33.2 Å². The minimum absolute atomic E-state index is 0.0886. The van der Waals surface area contributed by atoms with Crippen LogP contribution in [-0.4, -0.2) is 31.3 Å². The number of nitrogens with zero attached hydrogens (tertiary/aromatic N) is 1. The third-order valence-electron chi connectivity index (χ3n) is 7.11. The molecule has 3 N–H and O–H groups in total. The number of ether oxygens (including phenoxy) is 1. The number of ketones is 1. The van der Waals surface area contributed by atoms with Gasteiger partial charge < -0.3 is 10.5 Å². The Morgan fingerprint density at radius 3 is 2.45 bits per heavy atom. The summed E-state index contributed by atoms with van der Waals surface area (Å²) in [6.45, 7) is 1.99. The predicted molar refractivity (Wildman–Crippen MR) is 150 cm³/mol. The summed E-state index contributed by atoms with van der Waals surface area (Å²) in [7, 11) is -3.88. The molecule has 0 aliphatic carbocycles. The van der Waals surface area contributed by atoms with E-state index in [1.54, 1.807) is 30.3 Å². The van der Waals surface area contributed by atoms with Crippen molar-refractivity contribution in [2.45, 2.75) is 63.0 Å². The van der Waals surface area contributed by atoms with E-state index in [9.17, 15) is 22.4 Å². The zero-order valence-electron chi connectivity index (χ0n) is 22.4. The van der Waals surface area contributed by atoms with E-state index >= 15 is 0 Å². The lowest BCUT2D eigenvalue weighted by molar-refractivity contribution is -0.171. The molecule has 0 amide bonds. The standard InChI is InChI=1S/C30H34FN3O5S/c1-2-5-27-25(16-12-20-10-13-22(31)14-11-20)29(35)26(30(36)39-27)9-4-7-21-6-3-8-24(18-21)34-40(37,38)28-17-15-23(32)19-33-28/h3,6,8,10-11,13-15,17-19,25-27,34H,2,4-5,7,9,12,16,32H2,1H3/t25?,26?,27-/m0/s1. The monoisotopic (exact) mass is 567 g/mol. The average Bonchev–Trinajstić information content (AvgIpc) is 2.91. The second kappa shape index (κ2) is 13.0. The Hall–Kier alpha value is -3.79. The van der Waals surface area contributed by atoms with E-state index in [1.807, 2.05) is 13.0 Å². The molecule has 10 heteroatoms. The van der Waals surface area contributed by atoms with Gasteiger partial charge in [-0.3, -0.25) is 14.3 Å². The normalized spacial score (nSPS) is 19.3. The predicted octanol–water partition coefficient (Wildman–Crippen LogP) is 5.09. The SMILES string of the molecule is CCC[C@@H]1OC(=O)C(CCCc2cccc(NS(=O)(=O)c3ccc(N)cn3)c2)C(=O)C1CCc1ccc(F)cc1. The van der Waals surface area contributed by atoms with Gasteiger partial charge in [0.25, 0.3) is 10.0 Å². The summed E-state index contributed by atoms with van der Waals surface area (Å²) in [5.41, 5.74) is 8.13. The van der Waals surface area contributed by atoms with Crippen LogP contribution < -0.4 is 10.5 Å². The van der Waals surface area contributed by atoms with Gasteiger partial charge >= 0.3 is 5.97 Å². The zero-order valence-corrected chi connectivity index (χ0v) is 23.2. The van der Waals surface area contributed by atoms with E-state index in [0.717, 1.165) is 17.5 Å². The Bertz CT molecular complexity index is 1430. The first-order valence-corrected chi connectivity index (χ1v) is 15.0. The molecule has 1 fully saturated rings. The van der Waals surface area contributed by atoms with Gasteiger partial charge in [-0.25, -0.2) is 9.37 Å². The minimum atomic E-state index is -3.88. The summed E-state index contributed by atoms with van der Waals surface area (Å²) in [4.78, 5) is 30.1. The molecular formula is C30H34FN3O5S. The Morgan fingerprint density at radius 2 is 1.75 bits per heavy atom. The number of nitrogens with two attached hydrogens (primary N) is 1. The molecule has 1 aliphatic rings. The second-order valence-corrected chi connectivity index (χ2v) is 11.7. The van der Waals surface area contributed by atoms with Crippen LogP contribution in [0.4, 0.5) is 15.8 Å². The maximum Gasteiger partial charge on any atom is 0.316 e. The summed E-state index contributed by atoms with van der Waals surface area (Å²) < 4.78 is 46.9. The lowest BCUT2D eigenvalue weighted by Gasteiger charge is -2.34. The highest BCUT2D eigenvalue weighted by Gasteiger charge is 2.43. The van der Waals surface area contributed by atoms with Gasteiger partial charge in [0.1, 0.15) is 17.8 Å². The molecule has 212 valence electrons. The second-order valence-electron chi connectivity index (χ2n) is 10.1. The fourth-order valence-electron chi connectivity index (χ4n) is 5.04. The molecule has 2 unspecified atom stereocenters. The van der Waals surface area contributed by atoms with Gasteiger partial charge in [0.15, 0.2) is 10.8 Å². The van der Waals surface area contributed by atoms with Crippen molar-refractivity contribution < 1.29 is 27.1 Å². The number of carbonyl (C=O) groups excluding carboxylic acids is 2. The highest BCUT2D eigenvalue weighted by Crippen LogP contribution is 2.32. The molecular weight excluding hydrogens is 533 g/mol. The highest BCUT2D eigenvalue weighted by atomic mass is 32.2. The number of carbonyl (C=O) groups is 2. The smallest absolute Gasteiger partial charge is 0.316 e. The van der Waals surface area contributed by atoms with Crippen molar-refractivity contribution in [2.75, 3.05) is 10.5 Å². The Balaban J connectivity index is 1.37.